The lowest BCUT2D eigenvalue weighted by atomic mass is 10.1. The highest BCUT2D eigenvalue weighted by Crippen LogP contribution is 2.36. The van der Waals surface area contributed by atoms with Crippen molar-refractivity contribution in [2.24, 2.45) is 0 Å². The molecule has 0 radical (unpaired) electrons. The number of rotatable bonds is 0. The van der Waals surface area contributed by atoms with E-state index < -0.39 is 0 Å². The first-order chi connectivity index (χ1) is 6.34. The lowest BCUT2D eigenvalue weighted by Gasteiger charge is -2.05. The summed E-state index contributed by atoms with van der Waals surface area (Å²) >= 11 is 0. The second-order valence-corrected chi connectivity index (χ2v) is 3.47. The average molecular weight is 175 g/mol. The van der Waals surface area contributed by atoms with E-state index in [1.165, 1.54) is 11.1 Å². The summed E-state index contributed by atoms with van der Waals surface area (Å²) in [5.41, 5.74) is 2.50. The van der Waals surface area contributed by atoms with Gasteiger partial charge in [0.05, 0.1) is 6.04 Å². The third-order valence-corrected chi connectivity index (χ3v) is 2.71. The third kappa shape index (κ3) is 0.869. The van der Waals surface area contributed by atoms with E-state index in [4.69, 9.17) is 4.74 Å². The quantitative estimate of drug-likeness (QED) is 0.647. The topological polar surface area (TPSA) is 38.3 Å². The zero-order chi connectivity index (χ0) is 8.84. The molecule has 2 atom stereocenters. The van der Waals surface area contributed by atoms with Crippen LogP contribution in [0.25, 0.3) is 0 Å². The minimum absolute atomic E-state index is 0.0184. The molecule has 13 heavy (non-hydrogen) atoms. The van der Waals surface area contributed by atoms with Crippen molar-refractivity contribution in [1.82, 2.24) is 5.32 Å². The summed E-state index contributed by atoms with van der Waals surface area (Å²) in [4.78, 5) is 10.9. The van der Waals surface area contributed by atoms with E-state index in [9.17, 15) is 4.79 Å². The summed E-state index contributed by atoms with van der Waals surface area (Å²) in [5, 5.41) is 2.81. The van der Waals surface area contributed by atoms with Gasteiger partial charge in [0.15, 0.2) is 0 Å². The third-order valence-electron chi connectivity index (χ3n) is 2.71. The molecule has 3 heteroatoms. The first-order valence-corrected chi connectivity index (χ1v) is 4.39. The molecule has 1 unspecified atom stereocenters. The van der Waals surface area contributed by atoms with Crippen molar-refractivity contribution in [1.29, 1.82) is 0 Å². The maximum atomic E-state index is 10.9. The molecule has 2 aliphatic rings. The molecule has 1 aromatic rings. The fourth-order valence-corrected chi connectivity index (χ4v) is 2.14. The van der Waals surface area contributed by atoms with Gasteiger partial charge in [0, 0.05) is 6.42 Å². The van der Waals surface area contributed by atoms with Gasteiger partial charge in [0.25, 0.3) is 0 Å². The smallest absolute Gasteiger partial charge is 0.408 e. The first kappa shape index (κ1) is 6.95. The second kappa shape index (κ2) is 2.25. The minimum Gasteiger partial charge on any atom is -0.443 e. The molecule has 0 aromatic heterocycles. The summed E-state index contributed by atoms with van der Waals surface area (Å²) < 4.78 is 5.12. The molecule has 0 spiro atoms. The number of alkyl carbamates (subject to hydrolysis) is 1. The van der Waals surface area contributed by atoms with Crippen molar-refractivity contribution in [3.8, 4) is 0 Å². The van der Waals surface area contributed by atoms with Gasteiger partial charge in [-0.3, -0.25) is 0 Å². The monoisotopic (exact) mass is 175 g/mol. The SMILES string of the molecule is O=C1NC2c3ccccc3C[C@@H]2O1. The van der Waals surface area contributed by atoms with E-state index in [-0.39, 0.29) is 18.2 Å². The molecule has 1 N–H and O–H groups in total. The Balaban J connectivity index is 2.06. The molecule has 3 nitrogen and oxygen atoms in total. The highest BCUT2D eigenvalue weighted by atomic mass is 16.6. The van der Waals surface area contributed by atoms with Gasteiger partial charge in [-0.05, 0) is 11.1 Å². The number of fused-ring (bicyclic) bond motifs is 3. The Bertz CT molecular complexity index is 375. The Morgan fingerprint density at radius 1 is 1.38 bits per heavy atom. The molecule has 1 aromatic carbocycles. The Kier molecular flexibility index (Phi) is 1.20. The van der Waals surface area contributed by atoms with Gasteiger partial charge in [-0.25, -0.2) is 4.79 Å². The lowest BCUT2D eigenvalue weighted by molar-refractivity contribution is 0.136. The predicted molar refractivity (Wildman–Crippen MR) is 46.3 cm³/mol. The maximum absolute atomic E-state index is 10.9. The highest BCUT2D eigenvalue weighted by molar-refractivity contribution is 5.71. The normalized spacial score (nSPS) is 29.1. The molecule has 66 valence electrons. The van der Waals surface area contributed by atoms with Gasteiger partial charge in [0.1, 0.15) is 6.10 Å². The summed E-state index contributed by atoms with van der Waals surface area (Å²) in [6.07, 6.45) is 0.578. The van der Waals surface area contributed by atoms with Crippen LogP contribution in [-0.4, -0.2) is 12.2 Å². The second-order valence-electron chi connectivity index (χ2n) is 3.47. The average Bonchev–Trinajstić information content (AvgIpc) is 2.60. The zero-order valence-electron chi connectivity index (χ0n) is 6.99. The molecule has 1 aliphatic carbocycles. The van der Waals surface area contributed by atoms with Crippen LogP contribution in [0.3, 0.4) is 0 Å². The lowest BCUT2D eigenvalue weighted by Crippen LogP contribution is -2.18. The van der Waals surface area contributed by atoms with Gasteiger partial charge in [0.2, 0.25) is 0 Å². The Morgan fingerprint density at radius 2 is 2.23 bits per heavy atom. The van der Waals surface area contributed by atoms with Crippen LogP contribution in [0.2, 0.25) is 0 Å². The number of benzene rings is 1. The van der Waals surface area contributed by atoms with Crippen LogP contribution in [-0.2, 0) is 11.2 Å². The summed E-state index contributed by atoms with van der Waals surface area (Å²) in [7, 11) is 0. The number of amides is 1. The molecular weight excluding hydrogens is 166 g/mol. The number of carbonyl (C=O) groups is 1. The molecule has 1 aliphatic heterocycles. The molecule has 3 rings (SSSR count). The van der Waals surface area contributed by atoms with Gasteiger partial charge >= 0.3 is 6.09 Å². The molecule has 0 bridgehead atoms. The van der Waals surface area contributed by atoms with Crippen LogP contribution in [0.5, 0.6) is 0 Å². The van der Waals surface area contributed by atoms with Crippen LogP contribution in [0.1, 0.15) is 17.2 Å². The molecule has 1 saturated heterocycles. The number of hydrogen-bond acceptors (Lipinski definition) is 2. The van der Waals surface area contributed by atoms with Gasteiger partial charge < -0.3 is 10.1 Å². The van der Waals surface area contributed by atoms with E-state index in [0.29, 0.717) is 0 Å². The van der Waals surface area contributed by atoms with Gasteiger partial charge in [-0.15, -0.1) is 0 Å². The zero-order valence-corrected chi connectivity index (χ0v) is 6.99. The Labute approximate surface area is 75.7 Å². The van der Waals surface area contributed by atoms with Crippen molar-refractivity contribution >= 4 is 6.09 Å². The van der Waals surface area contributed by atoms with E-state index in [1.54, 1.807) is 0 Å². The Hall–Kier alpha value is -1.51. The van der Waals surface area contributed by atoms with E-state index in [0.717, 1.165) is 6.42 Å². The van der Waals surface area contributed by atoms with Crippen LogP contribution in [0, 0.1) is 0 Å². The van der Waals surface area contributed by atoms with Crippen molar-refractivity contribution < 1.29 is 9.53 Å². The summed E-state index contributed by atoms with van der Waals surface area (Å²) in [6.45, 7) is 0. The van der Waals surface area contributed by atoms with Crippen molar-refractivity contribution in [2.75, 3.05) is 0 Å². The van der Waals surface area contributed by atoms with Gasteiger partial charge in [-0.1, -0.05) is 24.3 Å². The first-order valence-electron chi connectivity index (χ1n) is 4.39. The predicted octanol–water partition coefficient (Wildman–Crippen LogP) is 1.39. The molecule has 0 saturated carbocycles. The summed E-state index contributed by atoms with van der Waals surface area (Å²) in [5.74, 6) is 0. The van der Waals surface area contributed by atoms with Crippen LogP contribution in [0.4, 0.5) is 4.79 Å². The maximum Gasteiger partial charge on any atom is 0.408 e. The Morgan fingerprint density at radius 3 is 3.15 bits per heavy atom. The number of hydrogen-bond donors (Lipinski definition) is 1. The van der Waals surface area contributed by atoms with Gasteiger partial charge in [-0.2, -0.15) is 0 Å². The van der Waals surface area contributed by atoms with E-state index in [1.807, 2.05) is 12.1 Å². The van der Waals surface area contributed by atoms with Crippen molar-refractivity contribution in [2.45, 2.75) is 18.6 Å². The van der Waals surface area contributed by atoms with E-state index >= 15 is 0 Å². The number of carbonyl (C=O) groups excluding carboxylic acids is 1. The molecule has 1 heterocycles. The van der Waals surface area contributed by atoms with Crippen LogP contribution < -0.4 is 5.32 Å². The van der Waals surface area contributed by atoms with Crippen molar-refractivity contribution in [3.63, 3.8) is 0 Å². The molecule has 1 amide bonds. The number of ether oxygens (including phenoxy) is 1. The van der Waals surface area contributed by atoms with Crippen LogP contribution in [0.15, 0.2) is 24.3 Å². The fraction of sp³-hybridized carbons (Fsp3) is 0.300. The summed E-state index contributed by atoms with van der Waals surface area (Å²) in [6, 6.07) is 8.23. The van der Waals surface area contributed by atoms with E-state index in [2.05, 4.69) is 17.4 Å². The minimum atomic E-state index is -0.287. The van der Waals surface area contributed by atoms with Crippen LogP contribution >= 0.6 is 0 Å². The standard InChI is InChI=1S/C10H9NO2/c12-10-11-9-7-4-2-1-3-6(7)5-8(9)13-10/h1-4,8-9H,5H2,(H,11,12)/t8-,9?/m0/s1. The molecular formula is C10H9NO2. The fourth-order valence-electron chi connectivity index (χ4n) is 2.14. The largest absolute Gasteiger partial charge is 0.443 e. The van der Waals surface area contributed by atoms with Crippen molar-refractivity contribution in [3.05, 3.63) is 35.4 Å². The molecule has 1 fully saturated rings. The highest BCUT2D eigenvalue weighted by Gasteiger charge is 2.41. The number of nitrogens with one attached hydrogen (secondary N) is 1.